The van der Waals surface area contributed by atoms with E-state index in [1.807, 2.05) is 26.8 Å². The second-order valence-electron chi connectivity index (χ2n) is 6.83. The van der Waals surface area contributed by atoms with Crippen LogP contribution in [-0.4, -0.2) is 25.3 Å². The molecule has 0 aliphatic heterocycles. The maximum Gasteiger partial charge on any atom is 0.313 e. The van der Waals surface area contributed by atoms with Crippen molar-refractivity contribution in [1.29, 1.82) is 0 Å². The molecular weight excluding hydrogens is 323 g/mol. The second kappa shape index (κ2) is 9.50. The Bertz CT molecular complexity index is 549. The summed E-state index contributed by atoms with van der Waals surface area (Å²) >= 11 is 0. The van der Waals surface area contributed by atoms with Crippen molar-refractivity contribution in [1.82, 2.24) is 0 Å². The summed E-state index contributed by atoms with van der Waals surface area (Å²) in [7, 11) is -0.892. The van der Waals surface area contributed by atoms with Gasteiger partial charge in [-0.2, -0.15) is 0 Å². The minimum absolute atomic E-state index is 0.0889. The fourth-order valence-electron chi connectivity index (χ4n) is 2.41. The van der Waals surface area contributed by atoms with E-state index in [2.05, 4.69) is 33.8 Å². The number of hydrogen-bond acceptors (Lipinski definition) is 4. The van der Waals surface area contributed by atoms with Crippen LogP contribution < -0.4 is 4.74 Å². The van der Waals surface area contributed by atoms with E-state index in [4.69, 9.17) is 13.8 Å². The van der Waals surface area contributed by atoms with Crippen molar-refractivity contribution in [3.63, 3.8) is 0 Å². The first-order chi connectivity index (χ1) is 11.2. The molecule has 0 heterocycles. The van der Waals surface area contributed by atoms with Crippen LogP contribution in [0.15, 0.2) is 12.1 Å². The molecule has 4 nitrogen and oxygen atoms in total. The van der Waals surface area contributed by atoms with E-state index in [1.165, 1.54) is 5.56 Å². The minimum Gasteiger partial charge on any atom is -0.426 e. The minimum atomic E-state index is -0.892. The summed E-state index contributed by atoms with van der Waals surface area (Å²) < 4.78 is 16.8. The summed E-state index contributed by atoms with van der Waals surface area (Å²) in [6.45, 7) is 15.3. The van der Waals surface area contributed by atoms with Crippen LogP contribution in [0.25, 0.3) is 0 Å². The van der Waals surface area contributed by atoms with Gasteiger partial charge in [0, 0.05) is 11.7 Å². The predicted molar refractivity (Wildman–Crippen MR) is 99.9 cm³/mol. The second-order valence-corrected chi connectivity index (χ2v) is 8.65. The van der Waals surface area contributed by atoms with Crippen molar-refractivity contribution in [2.45, 2.75) is 60.3 Å². The van der Waals surface area contributed by atoms with E-state index in [0.29, 0.717) is 19.0 Å². The molecule has 0 aliphatic carbocycles. The average Bonchev–Trinajstić information content (AvgIpc) is 2.47. The summed E-state index contributed by atoms with van der Waals surface area (Å²) in [5.74, 6) is 0.413. The topological polar surface area (TPSA) is 44.8 Å². The maximum absolute atomic E-state index is 12.2. The largest absolute Gasteiger partial charge is 0.426 e. The van der Waals surface area contributed by atoms with Gasteiger partial charge in [-0.15, -0.1) is 0 Å². The van der Waals surface area contributed by atoms with E-state index in [-0.39, 0.29) is 17.8 Å². The molecule has 0 aromatic heterocycles. The van der Waals surface area contributed by atoms with Crippen LogP contribution in [0.3, 0.4) is 0 Å². The maximum atomic E-state index is 12.2. The third kappa shape index (κ3) is 6.51. The molecule has 0 spiro atoms. The van der Waals surface area contributed by atoms with Gasteiger partial charge < -0.3 is 13.8 Å². The zero-order chi connectivity index (χ0) is 18.3. The molecule has 0 bridgehead atoms. The quantitative estimate of drug-likeness (QED) is 0.362. The van der Waals surface area contributed by atoms with Gasteiger partial charge in [-0.05, 0) is 31.7 Å². The highest BCUT2D eigenvalue weighted by atomic mass is 31.2. The molecule has 1 atom stereocenters. The normalized spacial score (nSPS) is 13.0. The van der Waals surface area contributed by atoms with Gasteiger partial charge in [-0.1, -0.05) is 45.4 Å². The molecule has 0 N–H and O–H groups in total. The molecule has 136 valence electrons. The van der Waals surface area contributed by atoms with Gasteiger partial charge in [0.05, 0.1) is 19.6 Å². The van der Waals surface area contributed by atoms with Gasteiger partial charge in [-0.3, -0.25) is 4.79 Å². The van der Waals surface area contributed by atoms with Gasteiger partial charge >= 0.3 is 5.97 Å². The first kappa shape index (κ1) is 21.1. The molecule has 1 aromatic carbocycles. The van der Waals surface area contributed by atoms with Crippen LogP contribution in [0, 0.1) is 13.8 Å². The molecule has 0 amide bonds. The predicted octanol–water partition coefficient (Wildman–Crippen LogP) is 5.28. The Morgan fingerprint density at radius 3 is 2.33 bits per heavy atom. The van der Waals surface area contributed by atoms with Crippen LogP contribution in [0.4, 0.5) is 0 Å². The molecule has 0 saturated carbocycles. The average molecular weight is 354 g/mol. The van der Waals surface area contributed by atoms with Crippen molar-refractivity contribution in [2.75, 3.05) is 19.4 Å². The first-order valence-corrected chi connectivity index (χ1v) is 9.91. The number of benzene rings is 1. The standard InChI is InChI=1S/C19H31O4P/c1-8-21-24(9-2)22-11-10-17(20)23-18-15(4)12-14(3)13-16(18)19(5,6)7/h12-13H,8-11H2,1-7H3. The Hall–Kier alpha value is -0.960. The zero-order valence-electron chi connectivity index (χ0n) is 16.1. The van der Waals surface area contributed by atoms with Crippen LogP contribution in [0.2, 0.25) is 0 Å². The van der Waals surface area contributed by atoms with Crippen molar-refractivity contribution in [2.24, 2.45) is 0 Å². The van der Waals surface area contributed by atoms with Gasteiger partial charge in [0.1, 0.15) is 5.75 Å². The van der Waals surface area contributed by atoms with Crippen molar-refractivity contribution >= 4 is 14.3 Å². The Morgan fingerprint density at radius 2 is 1.79 bits per heavy atom. The van der Waals surface area contributed by atoms with Crippen molar-refractivity contribution in [3.8, 4) is 5.75 Å². The van der Waals surface area contributed by atoms with Gasteiger partial charge in [-0.25, -0.2) is 0 Å². The van der Waals surface area contributed by atoms with Gasteiger partial charge in [0.25, 0.3) is 0 Å². The van der Waals surface area contributed by atoms with Crippen LogP contribution in [-0.2, 0) is 19.3 Å². The summed E-state index contributed by atoms with van der Waals surface area (Å²) in [5.41, 5.74) is 3.12. The van der Waals surface area contributed by atoms with E-state index >= 15 is 0 Å². The Labute approximate surface area is 147 Å². The van der Waals surface area contributed by atoms with E-state index in [0.717, 1.165) is 17.3 Å². The monoisotopic (exact) mass is 354 g/mol. The number of rotatable bonds is 8. The number of esters is 1. The summed E-state index contributed by atoms with van der Waals surface area (Å²) in [4.78, 5) is 12.2. The van der Waals surface area contributed by atoms with Crippen molar-refractivity contribution < 1.29 is 18.6 Å². The third-order valence-corrected chi connectivity index (χ3v) is 5.05. The zero-order valence-corrected chi connectivity index (χ0v) is 17.0. The molecule has 0 aliphatic rings. The molecule has 24 heavy (non-hydrogen) atoms. The van der Waals surface area contributed by atoms with Crippen LogP contribution in [0.1, 0.15) is 57.7 Å². The molecule has 0 saturated heterocycles. The van der Waals surface area contributed by atoms with Crippen LogP contribution >= 0.6 is 8.38 Å². The fourth-order valence-corrected chi connectivity index (χ4v) is 3.43. The number of hydrogen-bond donors (Lipinski definition) is 0. The molecule has 0 radical (unpaired) electrons. The SMILES string of the molecule is CCOP(CC)OCCC(=O)Oc1c(C)cc(C)cc1C(C)(C)C. The third-order valence-electron chi connectivity index (χ3n) is 3.52. The van der Waals surface area contributed by atoms with E-state index in [1.54, 1.807) is 0 Å². The first-order valence-electron chi connectivity index (χ1n) is 8.54. The fraction of sp³-hybridized carbons (Fsp3) is 0.632. The molecule has 0 fully saturated rings. The van der Waals surface area contributed by atoms with E-state index < -0.39 is 8.38 Å². The lowest BCUT2D eigenvalue weighted by atomic mass is 9.84. The molecule has 1 unspecified atom stereocenters. The molecule has 1 aromatic rings. The van der Waals surface area contributed by atoms with Gasteiger partial charge in [0.15, 0.2) is 8.38 Å². The lowest BCUT2D eigenvalue weighted by Gasteiger charge is -2.24. The Morgan fingerprint density at radius 1 is 1.12 bits per heavy atom. The number of ether oxygens (including phenoxy) is 1. The molecule has 5 heteroatoms. The lowest BCUT2D eigenvalue weighted by Crippen LogP contribution is -2.18. The molecule has 1 rings (SSSR count). The van der Waals surface area contributed by atoms with E-state index in [9.17, 15) is 4.79 Å². The highest BCUT2D eigenvalue weighted by Gasteiger charge is 2.23. The highest BCUT2D eigenvalue weighted by Crippen LogP contribution is 2.38. The lowest BCUT2D eigenvalue weighted by molar-refractivity contribution is -0.135. The Kier molecular flexibility index (Phi) is 8.35. The summed E-state index contributed by atoms with van der Waals surface area (Å²) in [5, 5.41) is 0. The smallest absolute Gasteiger partial charge is 0.313 e. The number of carbonyl (C=O) groups is 1. The van der Waals surface area contributed by atoms with Gasteiger partial charge in [0.2, 0.25) is 0 Å². The molecular formula is C19H31O4P. The van der Waals surface area contributed by atoms with Crippen LogP contribution in [0.5, 0.6) is 5.75 Å². The van der Waals surface area contributed by atoms with Crippen molar-refractivity contribution in [3.05, 3.63) is 28.8 Å². The number of aryl methyl sites for hydroxylation is 2. The highest BCUT2D eigenvalue weighted by molar-refractivity contribution is 7.47. The number of carbonyl (C=O) groups excluding carboxylic acids is 1. The summed E-state index contributed by atoms with van der Waals surface area (Å²) in [6.07, 6.45) is 1.05. The Balaban J connectivity index is 2.74. The summed E-state index contributed by atoms with van der Waals surface area (Å²) in [6, 6.07) is 4.14.